The molecule has 0 amide bonds. The minimum Gasteiger partial charge on any atom is -0.494 e. The lowest BCUT2D eigenvalue weighted by molar-refractivity contribution is 0.00635. The molecule has 1 saturated carbocycles. The SMILES string of the molecule is COC1CC(n2c(=O)n(C)c3cnc4ccc(-c5ccc(OCCCN6CCCCC6)cc5)cc4c32)C1. The van der Waals surface area contributed by atoms with E-state index in [1.165, 1.54) is 32.4 Å². The van der Waals surface area contributed by atoms with E-state index >= 15 is 0 Å². The minimum atomic E-state index is 0.0102. The standard InChI is InChI=1S/C30H36N4O3/c1-32-28-20-31-27-12-9-22(17-26(27)29(28)34(30(32)35)23-18-25(19-23)36-2)21-7-10-24(11-8-21)37-16-6-15-33-13-4-3-5-14-33/h7-12,17,20,23,25H,3-6,13-16,18-19H2,1-2H3. The first kappa shape index (κ1) is 24.2. The Morgan fingerprint density at radius 1 is 1.00 bits per heavy atom. The van der Waals surface area contributed by atoms with Crippen molar-refractivity contribution in [2.75, 3.05) is 33.4 Å². The Bertz CT molecular complexity index is 1440. The number of likely N-dealkylation sites (tertiary alicyclic amines) is 1. The van der Waals surface area contributed by atoms with E-state index < -0.39 is 0 Å². The molecule has 37 heavy (non-hydrogen) atoms. The Morgan fingerprint density at radius 2 is 1.76 bits per heavy atom. The van der Waals surface area contributed by atoms with E-state index in [1.54, 1.807) is 11.7 Å². The first-order valence-corrected chi connectivity index (χ1v) is 13.6. The summed E-state index contributed by atoms with van der Waals surface area (Å²) in [4.78, 5) is 20.4. The predicted octanol–water partition coefficient (Wildman–Crippen LogP) is 5.16. The molecule has 0 radical (unpaired) electrons. The molecule has 4 aromatic rings. The summed E-state index contributed by atoms with van der Waals surface area (Å²) in [6.07, 6.45) is 8.85. The molecule has 2 aromatic carbocycles. The molecule has 0 bridgehead atoms. The van der Waals surface area contributed by atoms with Gasteiger partial charge in [-0.25, -0.2) is 4.79 Å². The summed E-state index contributed by atoms with van der Waals surface area (Å²) in [6, 6.07) is 14.8. The van der Waals surface area contributed by atoms with E-state index in [0.29, 0.717) is 0 Å². The van der Waals surface area contributed by atoms with Crippen LogP contribution in [-0.4, -0.2) is 58.5 Å². The van der Waals surface area contributed by atoms with E-state index in [4.69, 9.17) is 9.47 Å². The van der Waals surface area contributed by atoms with Crippen LogP contribution in [0, 0.1) is 0 Å². The molecule has 6 rings (SSSR count). The van der Waals surface area contributed by atoms with Gasteiger partial charge in [-0.2, -0.15) is 0 Å². The molecule has 0 N–H and O–H groups in total. The molecule has 1 aliphatic carbocycles. The quantitative estimate of drug-likeness (QED) is 0.313. The summed E-state index contributed by atoms with van der Waals surface area (Å²) in [6.45, 7) is 4.33. The van der Waals surface area contributed by atoms with Gasteiger partial charge in [0.2, 0.25) is 0 Å². The Hall–Kier alpha value is -3.16. The van der Waals surface area contributed by atoms with Gasteiger partial charge in [0.1, 0.15) is 5.75 Å². The summed E-state index contributed by atoms with van der Waals surface area (Å²) in [5.74, 6) is 0.904. The van der Waals surface area contributed by atoms with Crippen molar-refractivity contribution >= 4 is 21.9 Å². The highest BCUT2D eigenvalue weighted by Gasteiger charge is 2.33. The molecule has 0 unspecified atom stereocenters. The topological polar surface area (TPSA) is 61.5 Å². The van der Waals surface area contributed by atoms with Crippen LogP contribution >= 0.6 is 0 Å². The highest BCUT2D eigenvalue weighted by Crippen LogP contribution is 2.37. The third kappa shape index (κ3) is 4.66. The van der Waals surface area contributed by atoms with Crippen molar-refractivity contribution in [3.63, 3.8) is 0 Å². The van der Waals surface area contributed by atoms with Gasteiger partial charge < -0.3 is 14.4 Å². The largest absolute Gasteiger partial charge is 0.494 e. The number of hydrogen-bond donors (Lipinski definition) is 0. The normalized spacial score (nSPS) is 20.4. The van der Waals surface area contributed by atoms with E-state index in [-0.39, 0.29) is 17.8 Å². The summed E-state index contributed by atoms with van der Waals surface area (Å²) in [7, 11) is 3.57. The van der Waals surface area contributed by atoms with Gasteiger partial charge in [0, 0.05) is 32.1 Å². The predicted molar refractivity (Wildman–Crippen MR) is 147 cm³/mol. The zero-order valence-corrected chi connectivity index (χ0v) is 21.9. The number of ether oxygens (including phenoxy) is 2. The molecular formula is C30H36N4O3. The Kier molecular flexibility index (Phi) is 6.74. The Balaban J connectivity index is 1.23. The molecule has 2 aromatic heterocycles. The van der Waals surface area contributed by atoms with Gasteiger partial charge >= 0.3 is 5.69 Å². The van der Waals surface area contributed by atoms with Crippen molar-refractivity contribution in [2.45, 2.75) is 50.7 Å². The average Bonchev–Trinajstić information content (AvgIpc) is 3.17. The molecule has 194 valence electrons. The molecule has 7 heteroatoms. The number of benzene rings is 2. The smallest absolute Gasteiger partial charge is 0.329 e. The lowest BCUT2D eigenvalue weighted by Gasteiger charge is -2.34. The summed E-state index contributed by atoms with van der Waals surface area (Å²) >= 11 is 0. The number of methoxy groups -OCH3 is 1. The van der Waals surface area contributed by atoms with Crippen molar-refractivity contribution < 1.29 is 9.47 Å². The third-order valence-corrected chi connectivity index (χ3v) is 8.21. The highest BCUT2D eigenvalue weighted by molar-refractivity contribution is 6.04. The van der Waals surface area contributed by atoms with Gasteiger partial charge in [-0.1, -0.05) is 24.6 Å². The molecule has 7 nitrogen and oxygen atoms in total. The average molecular weight is 501 g/mol. The fraction of sp³-hybridized carbons (Fsp3) is 0.467. The van der Waals surface area contributed by atoms with Gasteiger partial charge in [0.05, 0.1) is 35.5 Å². The zero-order chi connectivity index (χ0) is 25.4. The summed E-state index contributed by atoms with van der Waals surface area (Å²) < 4.78 is 15.2. The second-order valence-corrected chi connectivity index (χ2v) is 10.5. The first-order valence-electron chi connectivity index (χ1n) is 13.6. The van der Waals surface area contributed by atoms with E-state index in [2.05, 4.69) is 52.3 Å². The van der Waals surface area contributed by atoms with Crippen molar-refractivity contribution in [1.82, 2.24) is 19.0 Å². The number of aryl methyl sites for hydroxylation is 1. The van der Waals surface area contributed by atoms with E-state index in [0.717, 1.165) is 71.2 Å². The van der Waals surface area contributed by atoms with Crippen molar-refractivity contribution in [2.24, 2.45) is 7.05 Å². The molecule has 3 heterocycles. The lowest BCUT2D eigenvalue weighted by atomic mass is 9.89. The van der Waals surface area contributed by atoms with Crippen molar-refractivity contribution in [3.8, 4) is 16.9 Å². The maximum atomic E-state index is 13.2. The maximum Gasteiger partial charge on any atom is 0.329 e. The second kappa shape index (κ2) is 10.3. The molecule has 2 fully saturated rings. The third-order valence-electron chi connectivity index (χ3n) is 8.21. The number of nitrogens with zero attached hydrogens (tertiary/aromatic N) is 4. The van der Waals surface area contributed by atoms with Crippen LogP contribution in [0.5, 0.6) is 5.75 Å². The molecule has 2 aliphatic rings. The van der Waals surface area contributed by atoms with Gasteiger partial charge in [0.15, 0.2) is 0 Å². The Morgan fingerprint density at radius 3 is 2.51 bits per heavy atom. The number of hydrogen-bond acceptors (Lipinski definition) is 5. The number of imidazole rings is 1. The number of fused-ring (bicyclic) bond motifs is 3. The van der Waals surface area contributed by atoms with E-state index in [1.807, 2.05) is 17.8 Å². The second-order valence-electron chi connectivity index (χ2n) is 10.5. The van der Waals surface area contributed by atoms with E-state index in [9.17, 15) is 4.79 Å². The fourth-order valence-corrected chi connectivity index (χ4v) is 5.89. The molecule has 1 aliphatic heterocycles. The number of piperidine rings is 1. The van der Waals surface area contributed by atoms with Crippen LogP contribution in [0.25, 0.3) is 33.1 Å². The minimum absolute atomic E-state index is 0.0102. The maximum absolute atomic E-state index is 13.2. The van der Waals surface area contributed by atoms with Gasteiger partial charge in [-0.15, -0.1) is 0 Å². The molecule has 0 spiro atoms. The summed E-state index contributed by atoms with van der Waals surface area (Å²) in [5, 5.41) is 1.01. The van der Waals surface area contributed by atoms with Crippen LogP contribution in [0.2, 0.25) is 0 Å². The van der Waals surface area contributed by atoms with Gasteiger partial charge in [0.25, 0.3) is 0 Å². The zero-order valence-electron chi connectivity index (χ0n) is 21.9. The monoisotopic (exact) mass is 500 g/mol. The van der Waals surface area contributed by atoms with Crippen LogP contribution in [0.15, 0.2) is 53.5 Å². The number of rotatable bonds is 8. The Labute approximate surface area is 217 Å². The lowest BCUT2D eigenvalue weighted by Crippen LogP contribution is -2.37. The van der Waals surface area contributed by atoms with Crippen LogP contribution in [-0.2, 0) is 11.8 Å². The molecule has 1 saturated heterocycles. The first-order chi connectivity index (χ1) is 18.1. The van der Waals surface area contributed by atoms with Crippen LogP contribution < -0.4 is 10.4 Å². The number of aromatic nitrogens is 3. The van der Waals surface area contributed by atoms with Crippen LogP contribution in [0.1, 0.15) is 44.6 Å². The van der Waals surface area contributed by atoms with Gasteiger partial charge in [-0.05, 0) is 80.6 Å². The highest BCUT2D eigenvalue weighted by atomic mass is 16.5. The van der Waals surface area contributed by atoms with Crippen LogP contribution in [0.3, 0.4) is 0 Å². The van der Waals surface area contributed by atoms with Crippen molar-refractivity contribution in [3.05, 3.63) is 59.1 Å². The number of pyridine rings is 1. The fourth-order valence-electron chi connectivity index (χ4n) is 5.89. The molecule has 0 atom stereocenters. The van der Waals surface area contributed by atoms with Crippen molar-refractivity contribution in [1.29, 1.82) is 0 Å². The summed E-state index contributed by atoms with van der Waals surface area (Å²) in [5.41, 5.74) is 4.96. The van der Waals surface area contributed by atoms with Gasteiger partial charge in [-0.3, -0.25) is 14.1 Å². The van der Waals surface area contributed by atoms with Crippen LogP contribution in [0.4, 0.5) is 0 Å². The molecular weight excluding hydrogens is 464 g/mol.